The van der Waals surface area contributed by atoms with Gasteiger partial charge < -0.3 is 0 Å². The lowest BCUT2D eigenvalue weighted by Gasteiger charge is -2.18. The van der Waals surface area contributed by atoms with Crippen molar-refractivity contribution in [2.45, 2.75) is 25.5 Å². The summed E-state index contributed by atoms with van der Waals surface area (Å²) < 4.78 is 27.5. The summed E-state index contributed by atoms with van der Waals surface area (Å²) in [5.74, 6) is 1.18. The standard InChI is InChI=1S/C15H21NO3S/c1-20(17,18)19-15-7-13-10-16(11-14(13)8-15)9-12-5-3-2-4-6-12/h2-6,13-15H,7-11H2,1H3/t13-,14+,15?. The van der Waals surface area contributed by atoms with Gasteiger partial charge >= 0.3 is 0 Å². The second-order valence-corrected chi connectivity index (χ2v) is 7.69. The third-order valence-electron chi connectivity index (χ3n) is 4.34. The number of likely N-dealkylation sites (tertiary alicyclic amines) is 1. The van der Waals surface area contributed by atoms with Crippen molar-refractivity contribution in [3.63, 3.8) is 0 Å². The molecule has 3 atom stereocenters. The van der Waals surface area contributed by atoms with E-state index in [2.05, 4.69) is 29.2 Å². The van der Waals surface area contributed by atoms with Gasteiger partial charge in [0.2, 0.25) is 0 Å². The minimum absolute atomic E-state index is 0.0983. The Morgan fingerprint density at radius 2 is 1.75 bits per heavy atom. The van der Waals surface area contributed by atoms with Crippen molar-refractivity contribution in [2.75, 3.05) is 19.3 Å². The number of fused-ring (bicyclic) bond motifs is 1. The largest absolute Gasteiger partial charge is 0.299 e. The first kappa shape index (κ1) is 14.0. The molecule has 3 rings (SSSR count). The highest BCUT2D eigenvalue weighted by Crippen LogP contribution is 2.40. The van der Waals surface area contributed by atoms with E-state index < -0.39 is 10.1 Å². The molecule has 1 aliphatic carbocycles. The van der Waals surface area contributed by atoms with E-state index in [0.717, 1.165) is 38.7 Å². The molecule has 1 aromatic rings. The average Bonchev–Trinajstić information content (AvgIpc) is 2.85. The minimum atomic E-state index is -3.31. The Morgan fingerprint density at radius 3 is 2.30 bits per heavy atom. The van der Waals surface area contributed by atoms with Crippen LogP contribution in [0.4, 0.5) is 0 Å². The molecule has 2 aliphatic rings. The van der Waals surface area contributed by atoms with Gasteiger partial charge in [0.25, 0.3) is 10.1 Å². The number of rotatable bonds is 4. The highest BCUT2D eigenvalue weighted by molar-refractivity contribution is 7.86. The predicted octanol–water partition coefficient (Wildman–Crippen LogP) is 1.87. The topological polar surface area (TPSA) is 46.6 Å². The molecule has 1 unspecified atom stereocenters. The SMILES string of the molecule is CS(=O)(=O)OC1C[C@@H]2CN(Cc3ccccc3)C[C@@H]2C1. The van der Waals surface area contributed by atoms with Crippen LogP contribution in [0.5, 0.6) is 0 Å². The average molecular weight is 295 g/mol. The maximum atomic E-state index is 11.2. The summed E-state index contributed by atoms with van der Waals surface area (Å²) in [5, 5.41) is 0. The first-order valence-corrected chi connectivity index (χ1v) is 8.96. The zero-order valence-corrected chi connectivity index (χ0v) is 12.6. The van der Waals surface area contributed by atoms with E-state index in [1.807, 2.05) is 6.07 Å². The summed E-state index contributed by atoms with van der Waals surface area (Å²) >= 11 is 0. The summed E-state index contributed by atoms with van der Waals surface area (Å²) in [5.41, 5.74) is 1.34. The van der Waals surface area contributed by atoms with Gasteiger partial charge in [-0.1, -0.05) is 30.3 Å². The van der Waals surface area contributed by atoms with E-state index >= 15 is 0 Å². The molecule has 0 spiro atoms. The Labute approximate surface area is 120 Å². The van der Waals surface area contributed by atoms with Gasteiger partial charge in [-0.05, 0) is 30.2 Å². The summed E-state index contributed by atoms with van der Waals surface area (Å²) in [6.07, 6.45) is 2.80. The molecular formula is C15H21NO3S. The van der Waals surface area contributed by atoms with Crippen molar-refractivity contribution < 1.29 is 12.6 Å². The lowest BCUT2D eigenvalue weighted by Crippen LogP contribution is -2.24. The van der Waals surface area contributed by atoms with Gasteiger partial charge in [-0.3, -0.25) is 9.08 Å². The quantitative estimate of drug-likeness (QED) is 0.796. The van der Waals surface area contributed by atoms with Crippen molar-refractivity contribution in [3.8, 4) is 0 Å². The van der Waals surface area contributed by atoms with E-state index in [1.165, 1.54) is 5.56 Å². The summed E-state index contributed by atoms with van der Waals surface area (Å²) in [7, 11) is -3.31. The molecule has 4 nitrogen and oxygen atoms in total. The maximum absolute atomic E-state index is 11.2. The molecule has 2 fully saturated rings. The molecule has 1 aromatic carbocycles. The van der Waals surface area contributed by atoms with Crippen molar-refractivity contribution in [2.24, 2.45) is 11.8 Å². The van der Waals surface area contributed by atoms with Gasteiger partial charge in [0, 0.05) is 19.6 Å². The van der Waals surface area contributed by atoms with Gasteiger partial charge in [0.1, 0.15) is 0 Å². The molecule has 0 aromatic heterocycles. The van der Waals surface area contributed by atoms with E-state index in [-0.39, 0.29) is 6.10 Å². The van der Waals surface area contributed by atoms with Crippen molar-refractivity contribution in [3.05, 3.63) is 35.9 Å². The zero-order valence-electron chi connectivity index (χ0n) is 11.7. The molecule has 0 amide bonds. The maximum Gasteiger partial charge on any atom is 0.264 e. The van der Waals surface area contributed by atoms with E-state index in [4.69, 9.17) is 4.18 Å². The van der Waals surface area contributed by atoms with Crippen LogP contribution >= 0.6 is 0 Å². The Kier molecular flexibility index (Phi) is 3.84. The van der Waals surface area contributed by atoms with Crippen LogP contribution in [0.15, 0.2) is 30.3 Å². The first-order chi connectivity index (χ1) is 9.49. The van der Waals surface area contributed by atoms with Crippen LogP contribution < -0.4 is 0 Å². The van der Waals surface area contributed by atoms with Crippen LogP contribution in [0.25, 0.3) is 0 Å². The fourth-order valence-electron chi connectivity index (χ4n) is 3.64. The molecule has 1 saturated heterocycles. The summed E-state index contributed by atoms with van der Waals surface area (Å²) in [6.45, 7) is 3.11. The van der Waals surface area contributed by atoms with E-state index in [1.54, 1.807) is 0 Å². The molecule has 0 N–H and O–H groups in total. The highest BCUT2D eigenvalue weighted by Gasteiger charge is 2.42. The number of hydrogen-bond donors (Lipinski definition) is 0. The second-order valence-electron chi connectivity index (χ2n) is 6.09. The van der Waals surface area contributed by atoms with Gasteiger partial charge in [-0.2, -0.15) is 8.42 Å². The van der Waals surface area contributed by atoms with Crippen LogP contribution in [0.1, 0.15) is 18.4 Å². The predicted molar refractivity (Wildman–Crippen MR) is 77.6 cm³/mol. The number of benzene rings is 1. The van der Waals surface area contributed by atoms with Gasteiger partial charge in [-0.15, -0.1) is 0 Å². The molecule has 5 heteroatoms. The normalized spacial score (nSPS) is 30.6. The van der Waals surface area contributed by atoms with Crippen LogP contribution in [0, 0.1) is 11.8 Å². The Hall–Kier alpha value is -0.910. The van der Waals surface area contributed by atoms with Crippen molar-refractivity contribution >= 4 is 10.1 Å². The van der Waals surface area contributed by atoms with Crippen molar-refractivity contribution in [1.29, 1.82) is 0 Å². The smallest absolute Gasteiger partial charge is 0.264 e. The molecular weight excluding hydrogens is 274 g/mol. The molecule has 1 aliphatic heterocycles. The third kappa shape index (κ3) is 3.40. The Morgan fingerprint density at radius 1 is 1.15 bits per heavy atom. The Balaban J connectivity index is 1.53. The summed E-state index contributed by atoms with van der Waals surface area (Å²) in [6, 6.07) is 10.5. The molecule has 1 saturated carbocycles. The molecule has 1 heterocycles. The van der Waals surface area contributed by atoms with Crippen molar-refractivity contribution in [1.82, 2.24) is 4.90 Å². The molecule has 0 radical (unpaired) electrons. The fourth-order valence-corrected chi connectivity index (χ4v) is 4.29. The third-order valence-corrected chi connectivity index (χ3v) is 4.96. The minimum Gasteiger partial charge on any atom is -0.299 e. The summed E-state index contributed by atoms with van der Waals surface area (Å²) in [4.78, 5) is 2.47. The first-order valence-electron chi connectivity index (χ1n) is 7.14. The van der Waals surface area contributed by atoms with Gasteiger partial charge in [0.05, 0.1) is 12.4 Å². The van der Waals surface area contributed by atoms with Crippen LogP contribution in [0.3, 0.4) is 0 Å². The lowest BCUT2D eigenvalue weighted by molar-refractivity contribution is 0.192. The van der Waals surface area contributed by atoms with Gasteiger partial charge in [0.15, 0.2) is 0 Å². The van der Waals surface area contributed by atoms with Crippen LogP contribution in [-0.4, -0.2) is 38.8 Å². The molecule has 0 bridgehead atoms. The number of nitrogens with zero attached hydrogens (tertiary/aromatic N) is 1. The monoisotopic (exact) mass is 295 g/mol. The second kappa shape index (κ2) is 5.47. The zero-order chi connectivity index (χ0) is 14.2. The van der Waals surface area contributed by atoms with Gasteiger partial charge in [-0.25, -0.2) is 0 Å². The lowest BCUT2D eigenvalue weighted by atomic mass is 10.0. The fraction of sp³-hybridized carbons (Fsp3) is 0.600. The van der Waals surface area contributed by atoms with E-state index in [9.17, 15) is 8.42 Å². The van der Waals surface area contributed by atoms with E-state index in [0.29, 0.717) is 11.8 Å². The highest BCUT2D eigenvalue weighted by atomic mass is 32.2. The van der Waals surface area contributed by atoms with Crippen LogP contribution in [0.2, 0.25) is 0 Å². The molecule has 110 valence electrons. The number of hydrogen-bond acceptors (Lipinski definition) is 4. The molecule has 20 heavy (non-hydrogen) atoms. The Bertz CT molecular complexity index is 544. The van der Waals surface area contributed by atoms with Crippen LogP contribution in [-0.2, 0) is 20.8 Å².